The number of rotatable bonds is 7. The number of nitrogens with one attached hydrogen (secondary N) is 2. The smallest absolute Gasteiger partial charge is 0.271 e. The van der Waals surface area contributed by atoms with Gasteiger partial charge in [0.15, 0.2) is 0 Å². The molecule has 28 heavy (non-hydrogen) atoms. The lowest BCUT2D eigenvalue weighted by atomic mass is 10.1. The van der Waals surface area contributed by atoms with Gasteiger partial charge in [0.25, 0.3) is 5.91 Å². The van der Waals surface area contributed by atoms with Crippen molar-refractivity contribution in [3.63, 3.8) is 0 Å². The van der Waals surface area contributed by atoms with Crippen molar-refractivity contribution in [2.75, 3.05) is 40.8 Å². The van der Waals surface area contributed by atoms with Gasteiger partial charge in [-0.3, -0.25) is 9.48 Å². The first kappa shape index (κ1) is 22.2. The molecule has 1 aromatic carbocycles. The molecule has 2 atom stereocenters. The third-order valence-corrected chi connectivity index (χ3v) is 5.04. The zero-order valence-electron chi connectivity index (χ0n) is 16.7. The molecule has 1 aliphatic rings. The van der Waals surface area contributed by atoms with Gasteiger partial charge in [-0.25, -0.2) is 0 Å². The van der Waals surface area contributed by atoms with Crippen molar-refractivity contribution >= 4 is 18.3 Å². The van der Waals surface area contributed by atoms with Crippen LogP contribution in [-0.4, -0.2) is 61.4 Å². The molecule has 7 nitrogen and oxygen atoms in total. The first-order valence-electron chi connectivity index (χ1n) is 9.43. The summed E-state index contributed by atoms with van der Waals surface area (Å²) < 4.78 is 7.23. The summed E-state index contributed by atoms with van der Waals surface area (Å²) in [6.07, 6.45) is 4.13. The van der Waals surface area contributed by atoms with Crippen molar-refractivity contribution in [1.82, 2.24) is 25.3 Å². The number of carbonyl (C=O) groups excluding carboxylic acids is 1. The lowest BCUT2D eigenvalue weighted by molar-refractivity contribution is 0.0935. The Morgan fingerprint density at radius 3 is 2.93 bits per heavy atom. The molecule has 0 bridgehead atoms. The molecule has 2 unspecified atom stereocenters. The van der Waals surface area contributed by atoms with Crippen molar-refractivity contribution < 1.29 is 9.53 Å². The van der Waals surface area contributed by atoms with E-state index >= 15 is 0 Å². The highest BCUT2D eigenvalue weighted by molar-refractivity contribution is 5.92. The molecule has 8 heteroatoms. The SMILES string of the molecule is COc1cccc(C(CNC(=O)c2ccn(C3CCCNC3)n2)N(C)C)c1.Cl. The number of nitrogens with zero attached hydrogens (tertiary/aromatic N) is 3. The topological polar surface area (TPSA) is 71.4 Å². The Kier molecular flexibility index (Phi) is 8.29. The van der Waals surface area contributed by atoms with Crippen LogP contribution in [0.3, 0.4) is 0 Å². The lowest BCUT2D eigenvalue weighted by Gasteiger charge is -2.25. The predicted octanol–water partition coefficient (Wildman–Crippen LogP) is 2.27. The third-order valence-electron chi connectivity index (χ3n) is 5.04. The van der Waals surface area contributed by atoms with Crippen LogP contribution in [0.15, 0.2) is 36.5 Å². The molecule has 0 saturated carbocycles. The van der Waals surface area contributed by atoms with E-state index in [4.69, 9.17) is 4.74 Å². The van der Waals surface area contributed by atoms with Gasteiger partial charge >= 0.3 is 0 Å². The van der Waals surface area contributed by atoms with Gasteiger partial charge in [-0.1, -0.05) is 12.1 Å². The third kappa shape index (κ3) is 5.47. The molecule has 1 aromatic heterocycles. The lowest BCUT2D eigenvalue weighted by Crippen LogP contribution is -2.35. The maximum absolute atomic E-state index is 12.6. The molecule has 1 aliphatic heterocycles. The fraction of sp³-hybridized carbons (Fsp3) is 0.500. The maximum atomic E-state index is 12.6. The number of amides is 1. The molecule has 0 spiro atoms. The summed E-state index contributed by atoms with van der Waals surface area (Å²) in [5.74, 6) is 0.665. The Hall–Kier alpha value is -2.09. The minimum atomic E-state index is -0.146. The van der Waals surface area contributed by atoms with Crippen LogP contribution in [0.4, 0.5) is 0 Å². The molecule has 1 saturated heterocycles. The minimum Gasteiger partial charge on any atom is -0.497 e. The molecule has 1 amide bonds. The van der Waals surface area contributed by atoms with Crippen LogP contribution in [-0.2, 0) is 0 Å². The second-order valence-electron chi connectivity index (χ2n) is 7.15. The summed E-state index contributed by atoms with van der Waals surface area (Å²) >= 11 is 0. The van der Waals surface area contributed by atoms with E-state index in [1.165, 1.54) is 0 Å². The van der Waals surface area contributed by atoms with Gasteiger partial charge in [0.1, 0.15) is 11.4 Å². The standard InChI is InChI=1S/C20H29N5O2.ClH/c1-24(2)19(15-6-4-8-17(12-15)27-3)14-22-20(26)18-9-11-25(23-18)16-7-5-10-21-13-16;/h4,6,8-9,11-12,16,19,21H,5,7,10,13-14H2,1-3H3,(H,22,26);1H. The number of benzene rings is 1. The number of piperidine rings is 1. The van der Waals surface area contributed by atoms with Gasteiger partial charge in [-0.2, -0.15) is 5.10 Å². The Labute approximate surface area is 172 Å². The predicted molar refractivity (Wildman–Crippen MR) is 112 cm³/mol. The van der Waals surface area contributed by atoms with Gasteiger partial charge in [0, 0.05) is 19.3 Å². The summed E-state index contributed by atoms with van der Waals surface area (Å²) in [4.78, 5) is 14.7. The van der Waals surface area contributed by atoms with Gasteiger partial charge in [0.05, 0.1) is 19.2 Å². The number of halogens is 1. The van der Waals surface area contributed by atoms with E-state index in [1.54, 1.807) is 13.2 Å². The second-order valence-corrected chi connectivity index (χ2v) is 7.15. The van der Waals surface area contributed by atoms with Crippen LogP contribution in [0.25, 0.3) is 0 Å². The molecule has 154 valence electrons. The van der Waals surface area contributed by atoms with E-state index in [-0.39, 0.29) is 24.4 Å². The highest BCUT2D eigenvalue weighted by Gasteiger charge is 2.20. The number of likely N-dealkylation sites (N-methyl/N-ethyl adjacent to an activating group) is 1. The van der Waals surface area contributed by atoms with Crippen LogP contribution in [0, 0.1) is 0 Å². The first-order chi connectivity index (χ1) is 13.1. The molecule has 0 radical (unpaired) electrons. The fourth-order valence-corrected chi connectivity index (χ4v) is 3.45. The van der Waals surface area contributed by atoms with Crippen molar-refractivity contribution in [1.29, 1.82) is 0 Å². The zero-order valence-corrected chi connectivity index (χ0v) is 17.5. The number of ether oxygens (including phenoxy) is 1. The number of aromatic nitrogens is 2. The summed E-state index contributed by atoms with van der Waals surface area (Å²) in [5, 5.41) is 10.9. The Bertz CT molecular complexity index is 759. The number of methoxy groups -OCH3 is 1. The average Bonchev–Trinajstić information content (AvgIpc) is 3.19. The van der Waals surface area contributed by atoms with Crippen LogP contribution >= 0.6 is 12.4 Å². The second kappa shape index (κ2) is 10.5. The van der Waals surface area contributed by atoms with E-state index in [9.17, 15) is 4.79 Å². The Balaban J connectivity index is 0.00000280. The average molecular weight is 408 g/mol. The van der Waals surface area contributed by atoms with Crippen molar-refractivity contribution in [3.05, 3.63) is 47.8 Å². The van der Waals surface area contributed by atoms with Crippen LogP contribution in [0.1, 0.15) is 41.0 Å². The van der Waals surface area contributed by atoms with Gasteiger partial charge in [-0.05, 0) is 57.2 Å². The number of carbonyl (C=O) groups is 1. The first-order valence-corrected chi connectivity index (χ1v) is 9.43. The van der Waals surface area contributed by atoms with E-state index in [1.807, 2.05) is 49.2 Å². The van der Waals surface area contributed by atoms with E-state index in [2.05, 4.69) is 20.6 Å². The quantitative estimate of drug-likeness (QED) is 0.736. The number of hydrogen-bond acceptors (Lipinski definition) is 5. The molecule has 0 aliphatic carbocycles. The number of hydrogen-bond donors (Lipinski definition) is 2. The highest BCUT2D eigenvalue weighted by atomic mass is 35.5. The Morgan fingerprint density at radius 1 is 1.43 bits per heavy atom. The molecular formula is C20H30ClN5O2. The largest absolute Gasteiger partial charge is 0.497 e. The molecule has 3 rings (SSSR count). The van der Waals surface area contributed by atoms with Gasteiger partial charge in [0.2, 0.25) is 0 Å². The van der Waals surface area contributed by atoms with Crippen LogP contribution < -0.4 is 15.4 Å². The van der Waals surface area contributed by atoms with Gasteiger partial charge < -0.3 is 20.3 Å². The monoisotopic (exact) mass is 407 g/mol. The van der Waals surface area contributed by atoms with Crippen LogP contribution in [0.5, 0.6) is 5.75 Å². The van der Waals surface area contributed by atoms with Crippen molar-refractivity contribution in [2.45, 2.75) is 24.9 Å². The summed E-state index contributed by atoms with van der Waals surface area (Å²) in [7, 11) is 5.66. The summed E-state index contributed by atoms with van der Waals surface area (Å²) in [5.41, 5.74) is 1.56. The molecular weight excluding hydrogens is 378 g/mol. The normalized spacial score (nSPS) is 17.6. The summed E-state index contributed by atoms with van der Waals surface area (Å²) in [6, 6.07) is 10.1. The zero-order chi connectivity index (χ0) is 19.2. The maximum Gasteiger partial charge on any atom is 0.271 e. The molecule has 2 heterocycles. The van der Waals surface area contributed by atoms with E-state index in [0.29, 0.717) is 18.3 Å². The van der Waals surface area contributed by atoms with Crippen molar-refractivity contribution in [3.8, 4) is 5.75 Å². The highest BCUT2D eigenvalue weighted by Crippen LogP contribution is 2.22. The minimum absolute atomic E-state index is 0. The van der Waals surface area contributed by atoms with E-state index in [0.717, 1.165) is 37.2 Å². The van der Waals surface area contributed by atoms with Crippen LogP contribution in [0.2, 0.25) is 0 Å². The fourth-order valence-electron chi connectivity index (χ4n) is 3.45. The van der Waals surface area contributed by atoms with Crippen molar-refractivity contribution in [2.24, 2.45) is 0 Å². The molecule has 1 fully saturated rings. The molecule has 2 aromatic rings. The van der Waals surface area contributed by atoms with E-state index < -0.39 is 0 Å². The van der Waals surface area contributed by atoms with Gasteiger partial charge in [-0.15, -0.1) is 12.4 Å². The summed E-state index contributed by atoms with van der Waals surface area (Å²) in [6.45, 7) is 2.46. The Morgan fingerprint density at radius 2 is 2.25 bits per heavy atom. The molecule has 2 N–H and O–H groups in total.